The predicted octanol–water partition coefficient (Wildman–Crippen LogP) is 1.36. The first kappa shape index (κ1) is 6.01. The summed E-state index contributed by atoms with van der Waals surface area (Å²) in [6, 6.07) is 0. The van der Waals surface area contributed by atoms with E-state index in [1.165, 1.54) is 0 Å². The maximum atomic E-state index is 8.48. The SMILES string of the molecule is ON=C1OC2CCC1CC2. The van der Waals surface area contributed by atoms with Gasteiger partial charge in [-0.05, 0) is 25.7 Å². The molecule has 0 spiro atoms. The molecule has 3 nitrogen and oxygen atoms in total. The minimum Gasteiger partial charge on any atom is -0.475 e. The van der Waals surface area contributed by atoms with Crippen LogP contribution in [0.5, 0.6) is 0 Å². The van der Waals surface area contributed by atoms with E-state index < -0.39 is 0 Å². The van der Waals surface area contributed by atoms with Crippen molar-refractivity contribution in [3.8, 4) is 0 Å². The van der Waals surface area contributed by atoms with Crippen LogP contribution in [0.1, 0.15) is 25.7 Å². The average molecular weight is 141 g/mol. The summed E-state index contributed by atoms with van der Waals surface area (Å²) < 4.78 is 5.33. The lowest BCUT2D eigenvalue weighted by Gasteiger charge is -2.36. The molecule has 3 aliphatic rings. The quantitative estimate of drug-likeness (QED) is 0.409. The van der Waals surface area contributed by atoms with Gasteiger partial charge in [0.05, 0.1) is 0 Å². The number of rotatable bonds is 0. The lowest BCUT2D eigenvalue weighted by atomic mass is 9.84. The molecule has 2 bridgehead atoms. The molecule has 2 aliphatic heterocycles. The molecule has 1 N–H and O–H groups in total. The lowest BCUT2D eigenvalue weighted by molar-refractivity contribution is 0.0648. The molecule has 0 radical (unpaired) electrons. The first-order chi connectivity index (χ1) is 4.90. The average Bonchev–Trinajstić information content (AvgIpc) is 2.06. The van der Waals surface area contributed by atoms with E-state index in [1.807, 2.05) is 0 Å². The molecule has 0 aromatic heterocycles. The molecule has 0 amide bonds. The molecule has 10 heavy (non-hydrogen) atoms. The van der Waals surface area contributed by atoms with E-state index in [2.05, 4.69) is 5.16 Å². The molecular weight excluding hydrogens is 130 g/mol. The summed E-state index contributed by atoms with van der Waals surface area (Å²) in [5.41, 5.74) is 0. The van der Waals surface area contributed by atoms with Crippen molar-refractivity contribution in [2.45, 2.75) is 31.8 Å². The maximum Gasteiger partial charge on any atom is 0.228 e. The molecule has 56 valence electrons. The zero-order valence-electron chi connectivity index (χ0n) is 5.79. The first-order valence-corrected chi connectivity index (χ1v) is 3.79. The normalized spacial score (nSPS) is 41.8. The Morgan fingerprint density at radius 2 is 2.00 bits per heavy atom. The van der Waals surface area contributed by atoms with Crippen molar-refractivity contribution in [3.05, 3.63) is 0 Å². The van der Waals surface area contributed by atoms with Crippen LogP contribution in [-0.4, -0.2) is 17.2 Å². The number of fused-ring (bicyclic) bond motifs is 3. The van der Waals surface area contributed by atoms with E-state index in [4.69, 9.17) is 9.94 Å². The van der Waals surface area contributed by atoms with E-state index in [-0.39, 0.29) is 0 Å². The van der Waals surface area contributed by atoms with E-state index in [1.54, 1.807) is 0 Å². The Labute approximate surface area is 59.7 Å². The van der Waals surface area contributed by atoms with Crippen molar-refractivity contribution >= 4 is 5.90 Å². The van der Waals surface area contributed by atoms with Crippen LogP contribution in [0.2, 0.25) is 0 Å². The standard InChI is InChI=1S/C7H11NO2/c9-8-7-5-1-3-6(10-7)4-2-5/h5-6,9H,1-4H2. The van der Waals surface area contributed by atoms with Gasteiger partial charge in [-0.2, -0.15) is 0 Å². The third-order valence-electron chi connectivity index (χ3n) is 2.41. The van der Waals surface area contributed by atoms with Crippen LogP contribution in [0.25, 0.3) is 0 Å². The first-order valence-electron chi connectivity index (χ1n) is 3.79. The van der Waals surface area contributed by atoms with Crippen LogP contribution in [0.4, 0.5) is 0 Å². The molecule has 0 atom stereocenters. The minimum atomic E-state index is 0.343. The smallest absolute Gasteiger partial charge is 0.228 e. The second kappa shape index (κ2) is 2.15. The van der Waals surface area contributed by atoms with Crippen molar-refractivity contribution < 1.29 is 9.94 Å². The van der Waals surface area contributed by atoms with Crippen LogP contribution in [-0.2, 0) is 4.74 Å². The molecule has 0 aromatic rings. The summed E-state index contributed by atoms with van der Waals surface area (Å²) >= 11 is 0. The molecule has 0 aromatic carbocycles. The Morgan fingerprint density at radius 1 is 1.30 bits per heavy atom. The molecule has 2 saturated heterocycles. The van der Waals surface area contributed by atoms with E-state index >= 15 is 0 Å². The molecule has 3 rings (SSSR count). The van der Waals surface area contributed by atoms with Gasteiger partial charge in [0.1, 0.15) is 6.10 Å². The van der Waals surface area contributed by atoms with Gasteiger partial charge in [0.15, 0.2) is 0 Å². The highest BCUT2D eigenvalue weighted by atomic mass is 16.5. The van der Waals surface area contributed by atoms with Crippen molar-refractivity contribution in [2.75, 3.05) is 0 Å². The fourth-order valence-electron chi connectivity index (χ4n) is 1.80. The summed E-state index contributed by atoms with van der Waals surface area (Å²) in [5.74, 6) is 0.984. The Bertz CT molecular complexity index is 159. The van der Waals surface area contributed by atoms with Crippen molar-refractivity contribution in [1.82, 2.24) is 0 Å². The molecule has 3 heteroatoms. The zero-order valence-corrected chi connectivity index (χ0v) is 5.79. The van der Waals surface area contributed by atoms with E-state index in [0.29, 0.717) is 17.9 Å². The zero-order chi connectivity index (χ0) is 6.97. The highest BCUT2D eigenvalue weighted by Crippen LogP contribution is 2.33. The topological polar surface area (TPSA) is 41.8 Å². The molecule has 3 fully saturated rings. The number of oxime groups is 1. The molecule has 2 heterocycles. The fraction of sp³-hybridized carbons (Fsp3) is 0.857. The summed E-state index contributed by atoms with van der Waals surface area (Å²) in [5, 5.41) is 11.6. The summed E-state index contributed by atoms with van der Waals surface area (Å²) in [4.78, 5) is 0. The van der Waals surface area contributed by atoms with Gasteiger partial charge in [0.2, 0.25) is 5.90 Å². The van der Waals surface area contributed by atoms with Crippen molar-refractivity contribution in [2.24, 2.45) is 11.1 Å². The molecule has 1 saturated carbocycles. The van der Waals surface area contributed by atoms with Crippen molar-refractivity contribution in [1.29, 1.82) is 0 Å². The highest BCUT2D eigenvalue weighted by Gasteiger charge is 2.34. The van der Waals surface area contributed by atoms with Gasteiger partial charge < -0.3 is 9.94 Å². The van der Waals surface area contributed by atoms with Gasteiger partial charge in [0.25, 0.3) is 0 Å². The van der Waals surface area contributed by atoms with Crippen LogP contribution >= 0.6 is 0 Å². The second-order valence-electron chi connectivity index (χ2n) is 3.03. The number of hydrogen-bond acceptors (Lipinski definition) is 3. The lowest BCUT2D eigenvalue weighted by Crippen LogP contribution is -2.37. The molecule has 1 aliphatic carbocycles. The van der Waals surface area contributed by atoms with E-state index in [0.717, 1.165) is 25.7 Å². The monoisotopic (exact) mass is 141 g/mol. The van der Waals surface area contributed by atoms with Crippen LogP contribution in [0, 0.1) is 5.92 Å². The fourth-order valence-corrected chi connectivity index (χ4v) is 1.80. The number of hydrogen-bond donors (Lipinski definition) is 1. The highest BCUT2D eigenvalue weighted by molar-refractivity contribution is 5.79. The molecular formula is C7H11NO2. The third-order valence-corrected chi connectivity index (χ3v) is 2.41. The van der Waals surface area contributed by atoms with Crippen LogP contribution in [0.3, 0.4) is 0 Å². The summed E-state index contributed by atoms with van der Waals surface area (Å²) in [6.07, 6.45) is 4.91. The van der Waals surface area contributed by atoms with Crippen LogP contribution in [0.15, 0.2) is 5.16 Å². The van der Waals surface area contributed by atoms with Crippen LogP contribution < -0.4 is 0 Å². The Morgan fingerprint density at radius 3 is 2.30 bits per heavy atom. The molecule has 0 unspecified atom stereocenters. The summed E-state index contributed by atoms with van der Waals surface area (Å²) in [7, 11) is 0. The predicted molar refractivity (Wildman–Crippen MR) is 36.1 cm³/mol. The van der Waals surface area contributed by atoms with Gasteiger partial charge in [-0.25, -0.2) is 0 Å². The van der Waals surface area contributed by atoms with E-state index in [9.17, 15) is 0 Å². The Kier molecular flexibility index (Phi) is 1.29. The number of nitrogens with zero attached hydrogens (tertiary/aromatic N) is 1. The summed E-state index contributed by atoms with van der Waals surface area (Å²) in [6.45, 7) is 0. The third kappa shape index (κ3) is 0.770. The second-order valence-corrected chi connectivity index (χ2v) is 3.03. The van der Waals surface area contributed by atoms with Crippen molar-refractivity contribution in [3.63, 3.8) is 0 Å². The van der Waals surface area contributed by atoms with Gasteiger partial charge in [-0.1, -0.05) is 5.16 Å². The largest absolute Gasteiger partial charge is 0.475 e. The maximum absolute atomic E-state index is 8.48. The Balaban J connectivity index is 2.15. The Hall–Kier alpha value is -0.730. The number of ether oxygens (including phenoxy) is 1. The minimum absolute atomic E-state index is 0.343. The van der Waals surface area contributed by atoms with Gasteiger partial charge in [0, 0.05) is 5.92 Å². The van der Waals surface area contributed by atoms with Gasteiger partial charge in [-0.3, -0.25) is 0 Å². The van der Waals surface area contributed by atoms with Gasteiger partial charge >= 0.3 is 0 Å². The van der Waals surface area contributed by atoms with Gasteiger partial charge in [-0.15, -0.1) is 0 Å².